The normalized spacial score (nSPS) is 11.8. The molecule has 3 rings (SSSR count). The van der Waals surface area contributed by atoms with Crippen LogP contribution in [0.25, 0.3) is 22.4 Å². The molecule has 4 nitrogen and oxygen atoms in total. The van der Waals surface area contributed by atoms with Crippen molar-refractivity contribution in [1.29, 1.82) is 0 Å². The highest BCUT2D eigenvalue weighted by molar-refractivity contribution is 5.94. The third-order valence-electron chi connectivity index (χ3n) is 3.85. The summed E-state index contributed by atoms with van der Waals surface area (Å²) in [4.78, 5) is 15.7. The Kier molecular flexibility index (Phi) is 5.68. The van der Waals surface area contributed by atoms with Gasteiger partial charge in [0, 0.05) is 22.9 Å². The van der Waals surface area contributed by atoms with Crippen LogP contribution in [0.5, 0.6) is 11.5 Å². The Morgan fingerprint density at radius 3 is 1.60 bits per heavy atom. The van der Waals surface area contributed by atoms with Crippen LogP contribution in [0.1, 0.15) is 10.4 Å². The van der Waals surface area contributed by atoms with Crippen molar-refractivity contribution in [3.8, 4) is 33.9 Å². The number of ether oxygens (including phenoxy) is 2. The SMILES string of the molecule is O=Cc1ccnc(-c2ccc(OC(F)(F)F)cc2)c1-c1ccc(OC(F)(F)F)cc1. The number of alkyl halides is 6. The van der Waals surface area contributed by atoms with E-state index in [2.05, 4.69) is 14.5 Å². The molecule has 0 aliphatic rings. The van der Waals surface area contributed by atoms with E-state index in [4.69, 9.17) is 0 Å². The van der Waals surface area contributed by atoms with E-state index in [9.17, 15) is 31.1 Å². The summed E-state index contributed by atoms with van der Waals surface area (Å²) in [7, 11) is 0. The number of carbonyl (C=O) groups is 1. The number of carbonyl (C=O) groups excluding carboxylic acids is 1. The van der Waals surface area contributed by atoms with Crippen molar-refractivity contribution in [1.82, 2.24) is 4.98 Å². The third kappa shape index (κ3) is 5.28. The number of rotatable bonds is 5. The molecule has 30 heavy (non-hydrogen) atoms. The first kappa shape index (κ1) is 21.2. The number of aromatic nitrogens is 1. The number of nitrogens with zero attached hydrogens (tertiary/aromatic N) is 1. The van der Waals surface area contributed by atoms with Crippen LogP contribution in [0.15, 0.2) is 60.8 Å². The number of halogens is 6. The van der Waals surface area contributed by atoms with Crippen molar-refractivity contribution in [3.05, 3.63) is 66.4 Å². The Hall–Kier alpha value is -3.56. The van der Waals surface area contributed by atoms with Crippen LogP contribution >= 0.6 is 0 Å². The topological polar surface area (TPSA) is 48.4 Å². The van der Waals surface area contributed by atoms with Crippen LogP contribution in [0.2, 0.25) is 0 Å². The van der Waals surface area contributed by atoms with Gasteiger partial charge in [0.2, 0.25) is 0 Å². The van der Waals surface area contributed by atoms with E-state index in [-0.39, 0.29) is 11.3 Å². The fourth-order valence-corrected chi connectivity index (χ4v) is 2.73. The highest BCUT2D eigenvalue weighted by atomic mass is 19.4. The van der Waals surface area contributed by atoms with Crippen molar-refractivity contribution in [2.45, 2.75) is 12.7 Å². The second kappa shape index (κ2) is 8.05. The second-order valence-electron chi connectivity index (χ2n) is 5.89. The summed E-state index contributed by atoms with van der Waals surface area (Å²) >= 11 is 0. The molecule has 0 N–H and O–H groups in total. The minimum Gasteiger partial charge on any atom is -0.406 e. The molecule has 0 amide bonds. The summed E-state index contributed by atoms with van der Waals surface area (Å²) in [6, 6.07) is 11.0. The second-order valence-corrected chi connectivity index (χ2v) is 5.89. The quantitative estimate of drug-likeness (QED) is 0.369. The predicted molar refractivity (Wildman–Crippen MR) is 93.9 cm³/mol. The molecule has 0 atom stereocenters. The van der Waals surface area contributed by atoms with Gasteiger partial charge in [-0.3, -0.25) is 9.78 Å². The van der Waals surface area contributed by atoms with Crippen molar-refractivity contribution in [2.24, 2.45) is 0 Å². The molecule has 0 saturated heterocycles. The molecule has 0 fully saturated rings. The van der Waals surface area contributed by atoms with Crippen molar-refractivity contribution < 1.29 is 40.6 Å². The smallest absolute Gasteiger partial charge is 0.406 e. The summed E-state index contributed by atoms with van der Waals surface area (Å²) in [5.41, 5.74) is 1.49. The van der Waals surface area contributed by atoms with E-state index in [1.807, 2.05) is 0 Å². The van der Waals surface area contributed by atoms with E-state index < -0.39 is 24.2 Å². The zero-order valence-electron chi connectivity index (χ0n) is 14.8. The maximum absolute atomic E-state index is 12.3. The molecule has 2 aromatic carbocycles. The van der Waals surface area contributed by atoms with Crippen LogP contribution in [-0.2, 0) is 0 Å². The Balaban J connectivity index is 2.01. The summed E-state index contributed by atoms with van der Waals surface area (Å²) in [6.07, 6.45) is -7.82. The number of pyridine rings is 1. The van der Waals surface area contributed by atoms with Gasteiger partial charge in [-0.05, 0) is 48.0 Å². The number of hydrogen-bond acceptors (Lipinski definition) is 4. The van der Waals surface area contributed by atoms with Crippen molar-refractivity contribution >= 4 is 6.29 Å². The van der Waals surface area contributed by atoms with E-state index >= 15 is 0 Å². The molecular weight excluding hydrogens is 416 g/mol. The van der Waals surface area contributed by atoms with E-state index in [0.717, 1.165) is 24.3 Å². The van der Waals surface area contributed by atoms with E-state index in [1.54, 1.807) is 0 Å². The molecule has 0 unspecified atom stereocenters. The summed E-state index contributed by atoms with van der Waals surface area (Å²) in [5.74, 6) is -0.883. The van der Waals surface area contributed by atoms with Gasteiger partial charge < -0.3 is 9.47 Å². The zero-order chi connectivity index (χ0) is 21.9. The summed E-state index contributed by atoms with van der Waals surface area (Å²) < 4.78 is 81.7. The molecule has 0 aliphatic carbocycles. The molecule has 0 saturated carbocycles. The average molecular weight is 427 g/mol. The first-order valence-electron chi connectivity index (χ1n) is 8.22. The summed E-state index contributed by atoms with van der Waals surface area (Å²) in [6.45, 7) is 0. The minimum absolute atomic E-state index is 0.195. The lowest BCUT2D eigenvalue weighted by molar-refractivity contribution is -0.275. The van der Waals surface area contributed by atoms with Gasteiger partial charge >= 0.3 is 12.7 Å². The fourth-order valence-electron chi connectivity index (χ4n) is 2.73. The molecule has 1 heterocycles. The van der Waals surface area contributed by atoms with Gasteiger partial charge in [-0.15, -0.1) is 26.3 Å². The van der Waals surface area contributed by atoms with Crippen LogP contribution in [0, 0.1) is 0 Å². The molecule has 3 aromatic rings. The highest BCUT2D eigenvalue weighted by Crippen LogP contribution is 2.35. The lowest BCUT2D eigenvalue weighted by Crippen LogP contribution is -2.17. The van der Waals surface area contributed by atoms with Gasteiger partial charge in [0.15, 0.2) is 6.29 Å². The summed E-state index contributed by atoms with van der Waals surface area (Å²) in [5, 5.41) is 0. The van der Waals surface area contributed by atoms with Crippen molar-refractivity contribution in [2.75, 3.05) is 0 Å². The van der Waals surface area contributed by atoms with Gasteiger partial charge in [0.1, 0.15) is 11.5 Å². The molecule has 1 aromatic heterocycles. The maximum atomic E-state index is 12.3. The monoisotopic (exact) mass is 427 g/mol. The molecule has 0 bridgehead atoms. The number of hydrogen-bond donors (Lipinski definition) is 0. The largest absolute Gasteiger partial charge is 0.573 e. The first-order valence-corrected chi connectivity index (χ1v) is 8.22. The van der Waals surface area contributed by atoms with Gasteiger partial charge in [0.25, 0.3) is 0 Å². The standard InChI is InChI=1S/C20H11F6NO3/c21-19(22,23)29-15-5-1-12(2-6-15)17-14(11-28)9-10-27-18(17)13-3-7-16(8-4-13)30-20(24,25)26/h1-11H. The van der Waals surface area contributed by atoms with Gasteiger partial charge in [-0.1, -0.05) is 12.1 Å². The van der Waals surface area contributed by atoms with Gasteiger partial charge in [-0.2, -0.15) is 0 Å². The molecule has 0 spiro atoms. The van der Waals surface area contributed by atoms with Crippen LogP contribution in [0.4, 0.5) is 26.3 Å². The van der Waals surface area contributed by atoms with Crippen LogP contribution in [0.3, 0.4) is 0 Å². The Labute approximate surface area is 165 Å². The zero-order valence-corrected chi connectivity index (χ0v) is 14.8. The van der Waals surface area contributed by atoms with E-state index in [1.165, 1.54) is 36.5 Å². The fraction of sp³-hybridized carbons (Fsp3) is 0.100. The Bertz CT molecular complexity index is 1030. The minimum atomic E-state index is -4.85. The van der Waals surface area contributed by atoms with Crippen LogP contribution < -0.4 is 9.47 Å². The van der Waals surface area contributed by atoms with Gasteiger partial charge in [0.05, 0.1) is 5.69 Å². The third-order valence-corrected chi connectivity index (χ3v) is 3.85. The average Bonchev–Trinajstić information content (AvgIpc) is 2.66. The lowest BCUT2D eigenvalue weighted by atomic mass is 9.95. The molecule has 156 valence electrons. The molecule has 0 aliphatic heterocycles. The van der Waals surface area contributed by atoms with E-state index in [0.29, 0.717) is 23.0 Å². The van der Waals surface area contributed by atoms with Crippen LogP contribution in [-0.4, -0.2) is 24.0 Å². The predicted octanol–water partition coefficient (Wildman–Crippen LogP) is 6.03. The van der Waals surface area contributed by atoms with Crippen molar-refractivity contribution in [3.63, 3.8) is 0 Å². The van der Waals surface area contributed by atoms with Gasteiger partial charge in [-0.25, -0.2) is 0 Å². The Morgan fingerprint density at radius 2 is 1.17 bits per heavy atom. The number of aldehydes is 1. The molecular formula is C20H11F6NO3. The Morgan fingerprint density at radius 1 is 0.700 bits per heavy atom. The molecule has 0 radical (unpaired) electrons. The first-order chi connectivity index (χ1) is 14.1. The molecule has 10 heteroatoms. The lowest BCUT2D eigenvalue weighted by Gasteiger charge is -2.14. The highest BCUT2D eigenvalue weighted by Gasteiger charge is 2.31. The maximum Gasteiger partial charge on any atom is 0.573 e. The number of benzene rings is 2.